The highest BCUT2D eigenvalue weighted by Crippen LogP contribution is 2.54. The molecule has 0 aromatic rings. The van der Waals surface area contributed by atoms with Crippen LogP contribution < -0.4 is 0 Å². The van der Waals surface area contributed by atoms with Crippen LogP contribution in [0, 0.1) is 23.2 Å². The average molecular weight is 254 g/mol. The smallest absolute Gasteiger partial charge is 0.0855 e. The van der Waals surface area contributed by atoms with Gasteiger partial charge in [-0.15, -0.1) is 0 Å². The van der Waals surface area contributed by atoms with Crippen LogP contribution in [0.25, 0.3) is 0 Å². The molecule has 2 aliphatic rings. The van der Waals surface area contributed by atoms with Crippen molar-refractivity contribution < 1.29 is 15.3 Å². The summed E-state index contributed by atoms with van der Waals surface area (Å²) in [6.45, 7) is 8.30. The maximum atomic E-state index is 10.3. The van der Waals surface area contributed by atoms with Crippen molar-refractivity contribution in [3.8, 4) is 0 Å². The van der Waals surface area contributed by atoms with Crippen LogP contribution in [-0.4, -0.2) is 34.1 Å². The van der Waals surface area contributed by atoms with E-state index in [0.29, 0.717) is 24.2 Å². The van der Waals surface area contributed by atoms with E-state index in [1.54, 1.807) is 0 Å². The molecule has 0 aliphatic heterocycles. The highest BCUT2D eigenvalue weighted by atomic mass is 16.3. The Morgan fingerprint density at radius 2 is 2.00 bits per heavy atom. The lowest BCUT2D eigenvalue weighted by atomic mass is 9.53. The minimum atomic E-state index is -0.609. The Balaban J connectivity index is 2.18. The van der Waals surface area contributed by atoms with Crippen LogP contribution in [-0.2, 0) is 0 Å². The molecule has 0 aromatic heterocycles. The van der Waals surface area contributed by atoms with Crippen LogP contribution in [0.2, 0.25) is 0 Å². The Hall–Kier alpha value is -0.380. The van der Waals surface area contributed by atoms with Gasteiger partial charge in [0.1, 0.15) is 0 Å². The van der Waals surface area contributed by atoms with Gasteiger partial charge in [-0.05, 0) is 54.4 Å². The first-order chi connectivity index (χ1) is 8.40. The third-order valence-electron chi connectivity index (χ3n) is 5.54. The summed E-state index contributed by atoms with van der Waals surface area (Å²) in [4.78, 5) is 0. The maximum absolute atomic E-state index is 10.3. The first kappa shape index (κ1) is 14.0. The van der Waals surface area contributed by atoms with Gasteiger partial charge in [-0.2, -0.15) is 0 Å². The Bertz CT molecular complexity index is 328. The molecule has 2 saturated carbocycles. The van der Waals surface area contributed by atoms with Gasteiger partial charge < -0.3 is 15.3 Å². The molecule has 104 valence electrons. The summed E-state index contributed by atoms with van der Waals surface area (Å²) in [5, 5.41) is 29.5. The highest BCUT2D eigenvalue weighted by Gasteiger charge is 2.52. The van der Waals surface area contributed by atoms with Gasteiger partial charge in [0.05, 0.1) is 18.8 Å². The Labute approximate surface area is 110 Å². The molecule has 2 rings (SSSR count). The fraction of sp³-hybridized carbons (Fsp3) is 0.867. The largest absolute Gasteiger partial charge is 0.392 e. The van der Waals surface area contributed by atoms with E-state index in [-0.39, 0.29) is 12.0 Å². The van der Waals surface area contributed by atoms with Crippen LogP contribution in [0.1, 0.15) is 39.5 Å². The van der Waals surface area contributed by atoms with Crippen molar-refractivity contribution >= 4 is 0 Å². The predicted octanol–water partition coefficient (Wildman–Crippen LogP) is 1.72. The van der Waals surface area contributed by atoms with E-state index in [1.807, 2.05) is 0 Å². The summed E-state index contributed by atoms with van der Waals surface area (Å²) in [5.74, 6) is 1.21. The number of fused-ring (bicyclic) bond motifs is 1. The van der Waals surface area contributed by atoms with E-state index < -0.39 is 12.2 Å². The number of hydrogen-bond donors (Lipinski definition) is 3. The molecule has 3 N–H and O–H groups in total. The fourth-order valence-corrected chi connectivity index (χ4v) is 4.23. The molecule has 6 atom stereocenters. The average Bonchev–Trinajstić information content (AvgIpc) is 2.35. The normalized spacial score (nSPS) is 48.6. The summed E-state index contributed by atoms with van der Waals surface area (Å²) in [6.07, 6.45) is 2.34. The van der Waals surface area contributed by atoms with Gasteiger partial charge in [0.15, 0.2) is 0 Å². The Morgan fingerprint density at radius 3 is 2.61 bits per heavy atom. The first-order valence-corrected chi connectivity index (χ1v) is 7.04. The minimum absolute atomic E-state index is 0.0632. The molecule has 18 heavy (non-hydrogen) atoms. The molecular weight excluding hydrogens is 228 g/mol. The second-order valence-corrected chi connectivity index (χ2v) is 6.63. The molecule has 3 heteroatoms. The molecule has 0 saturated heterocycles. The Morgan fingerprint density at radius 1 is 1.33 bits per heavy atom. The molecule has 3 nitrogen and oxygen atoms in total. The lowest BCUT2D eigenvalue weighted by molar-refractivity contribution is -0.155. The number of hydrogen-bond acceptors (Lipinski definition) is 3. The van der Waals surface area contributed by atoms with E-state index >= 15 is 0 Å². The van der Waals surface area contributed by atoms with Gasteiger partial charge in [-0.1, -0.05) is 20.4 Å². The van der Waals surface area contributed by atoms with Gasteiger partial charge in [0.25, 0.3) is 0 Å². The second-order valence-electron chi connectivity index (χ2n) is 6.63. The molecule has 0 aromatic carbocycles. The van der Waals surface area contributed by atoms with Crippen molar-refractivity contribution in [2.24, 2.45) is 23.2 Å². The molecule has 2 aliphatic carbocycles. The lowest BCUT2D eigenvalue weighted by Gasteiger charge is -2.54. The van der Waals surface area contributed by atoms with Crippen LogP contribution >= 0.6 is 0 Å². The predicted molar refractivity (Wildman–Crippen MR) is 71.0 cm³/mol. The number of aliphatic hydroxyl groups excluding tert-OH is 3. The fourth-order valence-electron chi connectivity index (χ4n) is 4.23. The SMILES string of the molecule is C=C(CO)[C@H]1CC[C@@]2(C)[C@H](C1)[C@H](C)C[C@@H](O)[C@@H]2O. The molecule has 0 amide bonds. The lowest BCUT2D eigenvalue weighted by Crippen LogP contribution is -2.55. The topological polar surface area (TPSA) is 60.7 Å². The standard InChI is InChI=1S/C15H26O3/c1-9-6-13(17)14(18)15(3)5-4-11(7-12(9)15)10(2)8-16/h9,11-14,16-18H,2,4-8H2,1,3H3/t9-,11+,12-,13-,14+,15+/m1/s1. The first-order valence-electron chi connectivity index (χ1n) is 7.04. The molecule has 0 heterocycles. The third-order valence-corrected chi connectivity index (χ3v) is 5.54. The van der Waals surface area contributed by atoms with Crippen molar-refractivity contribution in [1.29, 1.82) is 0 Å². The van der Waals surface area contributed by atoms with E-state index in [1.165, 1.54) is 0 Å². The second kappa shape index (κ2) is 4.95. The van der Waals surface area contributed by atoms with Crippen molar-refractivity contribution in [1.82, 2.24) is 0 Å². The van der Waals surface area contributed by atoms with Gasteiger partial charge in [-0.3, -0.25) is 0 Å². The summed E-state index contributed by atoms with van der Waals surface area (Å²) < 4.78 is 0. The zero-order valence-corrected chi connectivity index (χ0v) is 11.5. The van der Waals surface area contributed by atoms with E-state index in [4.69, 9.17) is 0 Å². The summed E-state index contributed by atoms with van der Waals surface area (Å²) in [6, 6.07) is 0. The third kappa shape index (κ3) is 2.13. The van der Waals surface area contributed by atoms with Crippen molar-refractivity contribution in [3.63, 3.8) is 0 Å². The van der Waals surface area contributed by atoms with Crippen LogP contribution in [0.15, 0.2) is 12.2 Å². The zero-order valence-electron chi connectivity index (χ0n) is 11.5. The minimum Gasteiger partial charge on any atom is -0.392 e. The van der Waals surface area contributed by atoms with Gasteiger partial charge >= 0.3 is 0 Å². The number of rotatable bonds is 2. The Kier molecular flexibility index (Phi) is 3.86. The summed E-state index contributed by atoms with van der Waals surface area (Å²) >= 11 is 0. The van der Waals surface area contributed by atoms with Gasteiger partial charge in [0, 0.05) is 0 Å². The monoisotopic (exact) mass is 254 g/mol. The van der Waals surface area contributed by atoms with Crippen LogP contribution in [0.5, 0.6) is 0 Å². The van der Waals surface area contributed by atoms with E-state index in [0.717, 1.165) is 24.8 Å². The van der Waals surface area contributed by atoms with Gasteiger partial charge in [0.2, 0.25) is 0 Å². The molecule has 0 unspecified atom stereocenters. The van der Waals surface area contributed by atoms with Crippen molar-refractivity contribution in [2.75, 3.05) is 6.61 Å². The maximum Gasteiger partial charge on any atom is 0.0855 e. The highest BCUT2D eigenvalue weighted by molar-refractivity contribution is 5.09. The van der Waals surface area contributed by atoms with E-state index in [2.05, 4.69) is 20.4 Å². The van der Waals surface area contributed by atoms with E-state index in [9.17, 15) is 15.3 Å². The van der Waals surface area contributed by atoms with Crippen molar-refractivity contribution in [2.45, 2.75) is 51.7 Å². The summed E-state index contributed by atoms with van der Waals surface area (Å²) in [7, 11) is 0. The van der Waals surface area contributed by atoms with Crippen LogP contribution in [0.3, 0.4) is 0 Å². The van der Waals surface area contributed by atoms with Crippen LogP contribution in [0.4, 0.5) is 0 Å². The molecule has 0 spiro atoms. The molecule has 0 radical (unpaired) electrons. The van der Waals surface area contributed by atoms with Crippen molar-refractivity contribution in [3.05, 3.63) is 12.2 Å². The molecule has 0 bridgehead atoms. The zero-order chi connectivity index (χ0) is 13.5. The van der Waals surface area contributed by atoms with Gasteiger partial charge in [-0.25, -0.2) is 0 Å². The number of aliphatic hydroxyl groups is 3. The summed E-state index contributed by atoms with van der Waals surface area (Å²) in [5.41, 5.74) is 0.744. The molecular formula is C15H26O3. The quantitative estimate of drug-likeness (QED) is 0.658. The molecule has 2 fully saturated rings.